The van der Waals surface area contributed by atoms with Crippen LogP contribution in [0.1, 0.15) is 24.2 Å². The van der Waals surface area contributed by atoms with Crippen LogP contribution < -0.4 is 15.2 Å². The normalized spacial score (nSPS) is 14.8. The lowest BCUT2D eigenvalue weighted by Gasteiger charge is -2.26. The van der Waals surface area contributed by atoms with Crippen LogP contribution in [0.25, 0.3) is 0 Å². The summed E-state index contributed by atoms with van der Waals surface area (Å²) in [5, 5.41) is 10.6. The molecule has 2 aromatic carbocycles. The molecule has 0 bridgehead atoms. The van der Waals surface area contributed by atoms with Crippen molar-refractivity contribution in [1.82, 2.24) is 0 Å². The quantitative estimate of drug-likeness (QED) is 0.824. The predicted octanol–water partition coefficient (Wildman–Crippen LogP) is 2.94. The molecule has 0 fully saturated rings. The van der Waals surface area contributed by atoms with Crippen molar-refractivity contribution in [3.8, 4) is 11.5 Å². The van der Waals surface area contributed by atoms with Gasteiger partial charge in [0.1, 0.15) is 11.5 Å². The molecule has 3 N–H and O–H groups in total. The molecule has 0 saturated carbocycles. The standard InChI is InChI=1S/C19H25NO3/c1-13(12-14-8-4-6-10-16(14)22-2)18(20)19(21)15-9-5-7-11-17(15)23-3/h4-11,13,18-19,21H,12,20H2,1-3H3. The summed E-state index contributed by atoms with van der Waals surface area (Å²) < 4.78 is 10.7. The maximum atomic E-state index is 10.6. The van der Waals surface area contributed by atoms with E-state index in [1.165, 1.54) is 0 Å². The molecule has 0 aliphatic heterocycles. The van der Waals surface area contributed by atoms with Gasteiger partial charge in [-0.3, -0.25) is 0 Å². The smallest absolute Gasteiger partial charge is 0.124 e. The fourth-order valence-corrected chi connectivity index (χ4v) is 2.78. The first-order valence-electron chi connectivity index (χ1n) is 7.77. The van der Waals surface area contributed by atoms with E-state index in [1.54, 1.807) is 14.2 Å². The third-order valence-electron chi connectivity index (χ3n) is 4.21. The number of aliphatic hydroxyl groups is 1. The molecule has 0 radical (unpaired) electrons. The van der Waals surface area contributed by atoms with Crippen LogP contribution in [0.15, 0.2) is 48.5 Å². The molecular formula is C19H25NO3. The number of methoxy groups -OCH3 is 2. The summed E-state index contributed by atoms with van der Waals surface area (Å²) in [6.07, 6.45) is -0.0481. The Morgan fingerprint density at radius 1 is 0.957 bits per heavy atom. The SMILES string of the molecule is COc1ccccc1CC(C)C(N)C(O)c1ccccc1OC. The number of ether oxygens (including phenoxy) is 2. The van der Waals surface area contributed by atoms with Crippen molar-refractivity contribution in [1.29, 1.82) is 0 Å². The highest BCUT2D eigenvalue weighted by Crippen LogP contribution is 2.30. The summed E-state index contributed by atoms with van der Waals surface area (Å²) in [6.45, 7) is 2.04. The van der Waals surface area contributed by atoms with Crippen molar-refractivity contribution in [2.75, 3.05) is 14.2 Å². The summed E-state index contributed by atoms with van der Waals surface area (Å²) >= 11 is 0. The zero-order valence-electron chi connectivity index (χ0n) is 13.9. The number of rotatable bonds is 7. The van der Waals surface area contributed by atoms with Crippen LogP contribution in [0.2, 0.25) is 0 Å². The zero-order valence-corrected chi connectivity index (χ0v) is 13.9. The van der Waals surface area contributed by atoms with Crippen molar-refractivity contribution in [3.05, 3.63) is 59.7 Å². The van der Waals surface area contributed by atoms with Crippen molar-refractivity contribution in [3.63, 3.8) is 0 Å². The van der Waals surface area contributed by atoms with E-state index in [4.69, 9.17) is 15.2 Å². The van der Waals surface area contributed by atoms with Crippen molar-refractivity contribution in [2.24, 2.45) is 11.7 Å². The van der Waals surface area contributed by atoms with E-state index >= 15 is 0 Å². The van der Waals surface area contributed by atoms with E-state index in [1.807, 2.05) is 55.5 Å². The third-order valence-corrected chi connectivity index (χ3v) is 4.21. The van der Waals surface area contributed by atoms with Gasteiger partial charge in [0.2, 0.25) is 0 Å². The van der Waals surface area contributed by atoms with Gasteiger partial charge in [0.05, 0.1) is 20.3 Å². The van der Waals surface area contributed by atoms with Gasteiger partial charge in [0.15, 0.2) is 0 Å². The Kier molecular flexibility index (Phi) is 6.02. The summed E-state index contributed by atoms with van der Waals surface area (Å²) in [6, 6.07) is 14.9. The molecule has 0 amide bonds. The highest BCUT2D eigenvalue weighted by atomic mass is 16.5. The molecule has 23 heavy (non-hydrogen) atoms. The molecule has 0 aliphatic rings. The molecule has 4 nitrogen and oxygen atoms in total. The van der Waals surface area contributed by atoms with Gasteiger partial charge >= 0.3 is 0 Å². The van der Waals surface area contributed by atoms with Gasteiger partial charge in [-0.25, -0.2) is 0 Å². The molecule has 0 spiro atoms. The zero-order chi connectivity index (χ0) is 16.8. The topological polar surface area (TPSA) is 64.7 Å². The Balaban J connectivity index is 2.14. The second-order valence-corrected chi connectivity index (χ2v) is 5.76. The third kappa shape index (κ3) is 4.03. The minimum Gasteiger partial charge on any atom is -0.496 e. The lowest BCUT2D eigenvalue weighted by molar-refractivity contribution is 0.118. The first kappa shape index (κ1) is 17.3. The Morgan fingerprint density at radius 2 is 1.52 bits per heavy atom. The second-order valence-electron chi connectivity index (χ2n) is 5.76. The van der Waals surface area contributed by atoms with Crippen LogP contribution in [0.3, 0.4) is 0 Å². The van der Waals surface area contributed by atoms with Gasteiger partial charge in [-0.05, 0) is 30.0 Å². The fourth-order valence-electron chi connectivity index (χ4n) is 2.78. The van der Waals surface area contributed by atoms with E-state index in [2.05, 4.69) is 0 Å². The largest absolute Gasteiger partial charge is 0.496 e. The molecule has 0 aliphatic carbocycles. The summed E-state index contributed by atoms with van der Waals surface area (Å²) in [5.41, 5.74) is 8.11. The number of nitrogens with two attached hydrogens (primary N) is 1. The molecule has 2 aromatic rings. The monoisotopic (exact) mass is 315 g/mol. The lowest BCUT2D eigenvalue weighted by Crippen LogP contribution is -2.36. The van der Waals surface area contributed by atoms with E-state index < -0.39 is 12.1 Å². The molecule has 4 heteroatoms. The summed E-state index contributed by atoms with van der Waals surface area (Å²) in [4.78, 5) is 0. The summed E-state index contributed by atoms with van der Waals surface area (Å²) in [5.74, 6) is 1.57. The van der Waals surface area contributed by atoms with Gasteiger partial charge in [-0.1, -0.05) is 43.3 Å². The Bertz CT molecular complexity index is 630. The Morgan fingerprint density at radius 3 is 2.17 bits per heavy atom. The highest BCUT2D eigenvalue weighted by Gasteiger charge is 2.25. The average molecular weight is 315 g/mol. The van der Waals surface area contributed by atoms with Crippen LogP contribution >= 0.6 is 0 Å². The fraction of sp³-hybridized carbons (Fsp3) is 0.368. The van der Waals surface area contributed by atoms with E-state index in [-0.39, 0.29) is 5.92 Å². The van der Waals surface area contributed by atoms with Crippen LogP contribution in [0, 0.1) is 5.92 Å². The molecule has 0 heterocycles. The first-order chi connectivity index (χ1) is 11.1. The number of para-hydroxylation sites is 2. The number of hydrogen-bond acceptors (Lipinski definition) is 4. The highest BCUT2D eigenvalue weighted by molar-refractivity contribution is 5.36. The molecule has 3 unspecified atom stereocenters. The van der Waals surface area contributed by atoms with Gasteiger partial charge in [0.25, 0.3) is 0 Å². The first-order valence-corrected chi connectivity index (χ1v) is 7.77. The Labute approximate surface area is 137 Å². The maximum absolute atomic E-state index is 10.6. The van der Waals surface area contributed by atoms with Crippen molar-refractivity contribution >= 4 is 0 Å². The molecule has 2 rings (SSSR count). The van der Waals surface area contributed by atoms with Crippen LogP contribution in [-0.4, -0.2) is 25.4 Å². The van der Waals surface area contributed by atoms with E-state index in [0.29, 0.717) is 5.75 Å². The van der Waals surface area contributed by atoms with Crippen LogP contribution in [0.4, 0.5) is 0 Å². The number of benzene rings is 2. The molecule has 124 valence electrons. The average Bonchev–Trinajstić information content (AvgIpc) is 2.60. The van der Waals surface area contributed by atoms with Crippen LogP contribution in [-0.2, 0) is 6.42 Å². The van der Waals surface area contributed by atoms with Gasteiger partial charge in [0, 0.05) is 11.6 Å². The Hall–Kier alpha value is -2.04. The molecule has 3 atom stereocenters. The summed E-state index contributed by atoms with van der Waals surface area (Å²) in [7, 11) is 3.25. The van der Waals surface area contributed by atoms with Crippen LogP contribution in [0.5, 0.6) is 11.5 Å². The second kappa shape index (κ2) is 7.99. The molecular weight excluding hydrogens is 290 g/mol. The minimum absolute atomic E-state index is 0.0752. The van der Waals surface area contributed by atoms with Crippen molar-refractivity contribution < 1.29 is 14.6 Å². The van der Waals surface area contributed by atoms with Gasteiger partial charge < -0.3 is 20.3 Å². The van der Waals surface area contributed by atoms with Gasteiger partial charge in [-0.2, -0.15) is 0 Å². The lowest BCUT2D eigenvalue weighted by atomic mass is 9.88. The predicted molar refractivity (Wildman–Crippen MR) is 91.8 cm³/mol. The van der Waals surface area contributed by atoms with Crippen molar-refractivity contribution in [2.45, 2.75) is 25.5 Å². The van der Waals surface area contributed by atoms with Gasteiger partial charge in [-0.15, -0.1) is 0 Å². The minimum atomic E-state index is -0.782. The maximum Gasteiger partial charge on any atom is 0.124 e. The molecule has 0 aromatic heterocycles. The molecule has 0 saturated heterocycles. The van der Waals surface area contributed by atoms with E-state index in [0.717, 1.165) is 23.3 Å². The number of aliphatic hydroxyl groups excluding tert-OH is 1. The van der Waals surface area contributed by atoms with E-state index in [9.17, 15) is 5.11 Å². The number of hydrogen-bond donors (Lipinski definition) is 2.